The Bertz CT molecular complexity index is 899. The number of ketones is 1. The normalized spacial score (nSPS) is 43.8. The minimum Gasteiger partial charge on any atom is -0.390 e. The highest BCUT2D eigenvalue weighted by Gasteiger charge is 2.67. The zero-order valence-corrected chi connectivity index (χ0v) is 23.3. The van der Waals surface area contributed by atoms with Crippen molar-refractivity contribution in [2.45, 2.75) is 131 Å². The zero-order chi connectivity index (χ0) is 26.4. The Hall–Kier alpha value is -0.750. The number of fused-ring (bicyclic) bond motifs is 5. The lowest BCUT2D eigenvalue weighted by Crippen LogP contribution is -2.62. The van der Waals surface area contributed by atoms with Crippen LogP contribution in [0.5, 0.6) is 0 Å². The monoisotopic (exact) mass is 490 g/mol. The predicted molar refractivity (Wildman–Crippen MR) is 138 cm³/mol. The lowest BCUT2D eigenvalue weighted by Gasteiger charge is -2.68. The van der Waals surface area contributed by atoms with Crippen molar-refractivity contribution < 1.29 is 25.2 Å². The summed E-state index contributed by atoms with van der Waals surface area (Å²) in [6.45, 7) is 16.7. The molecule has 0 spiro atoms. The van der Waals surface area contributed by atoms with Gasteiger partial charge in [-0.05, 0) is 98.4 Å². The Morgan fingerprint density at radius 2 is 1.63 bits per heavy atom. The first-order valence-electron chi connectivity index (χ1n) is 13.9. The smallest absolute Gasteiger partial charge is 0.138 e. The first-order chi connectivity index (χ1) is 15.9. The molecule has 0 bridgehead atoms. The van der Waals surface area contributed by atoms with E-state index in [2.05, 4.69) is 34.6 Å². The predicted octanol–water partition coefficient (Wildman–Crippen LogP) is 4.79. The second-order valence-corrected chi connectivity index (χ2v) is 14.5. The average Bonchev–Trinajstić information content (AvgIpc) is 3.00. The molecule has 0 amide bonds. The average molecular weight is 491 g/mol. The van der Waals surface area contributed by atoms with Crippen LogP contribution in [0.25, 0.3) is 0 Å². The summed E-state index contributed by atoms with van der Waals surface area (Å²) in [5.41, 5.74) is 0.848. The fraction of sp³-hybridized carbons (Fsp3) is 0.900. The van der Waals surface area contributed by atoms with Gasteiger partial charge in [0.15, 0.2) is 0 Å². The molecule has 3 saturated carbocycles. The molecular formula is C30H50O5. The lowest BCUT2D eigenvalue weighted by molar-refractivity contribution is -0.181. The standard InChI is InChI=1S/C30H50O5/c1-17(15-19(31)25(34)27(4,5)35)24-18-9-10-22-28(6)13-12-23(33)26(2,3)21(28)11-14-29(22,7)30(18,8)16-20(24)32/h17,19-22,25,31-32,34-35H,9-16H2,1-8H3/t17-,19+,20+,21+,22-,25+,28-,29+,30-/m1/s1. The molecule has 0 radical (unpaired) electrons. The van der Waals surface area contributed by atoms with Crippen molar-refractivity contribution in [3.05, 3.63) is 11.1 Å². The number of aliphatic hydroxyl groups is 4. The van der Waals surface area contributed by atoms with Gasteiger partial charge in [0.1, 0.15) is 11.9 Å². The highest BCUT2D eigenvalue weighted by Crippen LogP contribution is 2.74. The van der Waals surface area contributed by atoms with Crippen LogP contribution in [-0.4, -0.2) is 50.1 Å². The van der Waals surface area contributed by atoms with E-state index in [9.17, 15) is 25.2 Å². The molecule has 0 aliphatic heterocycles. The summed E-state index contributed by atoms with van der Waals surface area (Å²) >= 11 is 0. The number of Topliss-reactive ketones (excluding diaryl/α,β-unsaturated/α-hetero) is 1. The Kier molecular flexibility index (Phi) is 6.53. The van der Waals surface area contributed by atoms with E-state index in [1.54, 1.807) is 0 Å². The summed E-state index contributed by atoms with van der Waals surface area (Å²) in [4.78, 5) is 12.9. The summed E-state index contributed by atoms with van der Waals surface area (Å²) in [7, 11) is 0. The molecule has 5 nitrogen and oxygen atoms in total. The van der Waals surface area contributed by atoms with Crippen molar-refractivity contribution in [1.29, 1.82) is 0 Å². The molecule has 200 valence electrons. The van der Waals surface area contributed by atoms with Crippen LogP contribution in [-0.2, 0) is 4.79 Å². The summed E-state index contributed by atoms with van der Waals surface area (Å²) < 4.78 is 0. The van der Waals surface area contributed by atoms with Crippen LogP contribution in [0.15, 0.2) is 11.1 Å². The molecule has 0 saturated heterocycles. The van der Waals surface area contributed by atoms with Crippen LogP contribution in [0.1, 0.15) is 107 Å². The van der Waals surface area contributed by atoms with Crippen molar-refractivity contribution in [2.24, 2.45) is 39.4 Å². The van der Waals surface area contributed by atoms with Crippen LogP contribution >= 0.6 is 0 Å². The molecule has 4 N–H and O–H groups in total. The minimum atomic E-state index is -1.38. The molecule has 9 atom stereocenters. The molecule has 5 heteroatoms. The van der Waals surface area contributed by atoms with Crippen molar-refractivity contribution in [1.82, 2.24) is 0 Å². The van der Waals surface area contributed by atoms with E-state index in [0.717, 1.165) is 37.7 Å². The van der Waals surface area contributed by atoms with Crippen LogP contribution in [0.3, 0.4) is 0 Å². The Morgan fingerprint density at radius 3 is 2.23 bits per heavy atom. The van der Waals surface area contributed by atoms with Crippen molar-refractivity contribution in [3.63, 3.8) is 0 Å². The molecule has 4 aliphatic rings. The van der Waals surface area contributed by atoms with Crippen molar-refractivity contribution in [3.8, 4) is 0 Å². The van der Waals surface area contributed by atoms with E-state index in [1.807, 2.05) is 6.92 Å². The van der Waals surface area contributed by atoms with E-state index in [4.69, 9.17) is 0 Å². The largest absolute Gasteiger partial charge is 0.390 e. The Morgan fingerprint density at radius 1 is 1.00 bits per heavy atom. The third-order valence-corrected chi connectivity index (χ3v) is 11.9. The van der Waals surface area contributed by atoms with Gasteiger partial charge in [0, 0.05) is 11.8 Å². The molecule has 35 heavy (non-hydrogen) atoms. The SMILES string of the molecule is C[C@H](C[C@H](O)[C@H](O)C(C)(C)O)C1=C2CC[C@@H]3[C@]4(C)CCC(=O)C(C)(C)[C@@H]4CC[C@]3(C)[C@]2(C)C[C@@H]1O. The number of hydrogen-bond donors (Lipinski definition) is 4. The van der Waals surface area contributed by atoms with Crippen LogP contribution in [0.4, 0.5) is 0 Å². The first kappa shape index (κ1) is 27.3. The van der Waals surface area contributed by atoms with Gasteiger partial charge in [0.25, 0.3) is 0 Å². The van der Waals surface area contributed by atoms with Gasteiger partial charge in [0.05, 0.1) is 17.8 Å². The summed E-state index contributed by atoms with van der Waals surface area (Å²) in [5.74, 6) is 1.27. The van der Waals surface area contributed by atoms with Gasteiger partial charge in [-0.1, -0.05) is 47.1 Å². The maximum absolute atomic E-state index is 12.9. The van der Waals surface area contributed by atoms with E-state index >= 15 is 0 Å². The summed E-state index contributed by atoms with van der Waals surface area (Å²) in [6, 6.07) is 0. The fourth-order valence-electron chi connectivity index (χ4n) is 9.80. The second kappa shape index (κ2) is 8.38. The second-order valence-electron chi connectivity index (χ2n) is 14.5. The van der Waals surface area contributed by atoms with E-state index < -0.39 is 23.9 Å². The highest BCUT2D eigenvalue weighted by atomic mass is 16.4. The molecule has 4 aliphatic carbocycles. The Labute approximate surface area is 212 Å². The molecule has 4 rings (SSSR count). The molecule has 0 heterocycles. The van der Waals surface area contributed by atoms with Crippen molar-refractivity contribution >= 4 is 5.78 Å². The van der Waals surface area contributed by atoms with Crippen molar-refractivity contribution in [2.75, 3.05) is 0 Å². The van der Waals surface area contributed by atoms with Gasteiger partial charge in [-0.2, -0.15) is 0 Å². The van der Waals surface area contributed by atoms with Gasteiger partial charge in [-0.25, -0.2) is 0 Å². The minimum absolute atomic E-state index is 0.0516. The maximum Gasteiger partial charge on any atom is 0.138 e. The number of carbonyl (C=O) groups is 1. The van der Waals surface area contributed by atoms with Gasteiger partial charge in [-0.3, -0.25) is 4.79 Å². The zero-order valence-electron chi connectivity index (χ0n) is 23.3. The quantitative estimate of drug-likeness (QED) is 0.415. The van der Waals surface area contributed by atoms with E-state index in [-0.39, 0.29) is 27.6 Å². The first-order valence-corrected chi connectivity index (χ1v) is 13.9. The molecule has 0 aromatic rings. The highest BCUT2D eigenvalue weighted by molar-refractivity contribution is 5.85. The molecule has 3 fully saturated rings. The Balaban J connectivity index is 1.67. The third kappa shape index (κ3) is 3.82. The molecular weight excluding hydrogens is 440 g/mol. The van der Waals surface area contributed by atoms with Crippen LogP contribution in [0, 0.1) is 39.4 Å². The van der Waals surface area contributed by atoms with E-state index in [0.29, 0.717) is 36.9 Å². The third-order valence-electron chi connectivity index (χ3n) is 11.9. The molecule has 0 aromatic heterocycles. The molecule has 0 aromatic carbocycles. The fourth-order valence-corrected chi connectivity index (χ4v) is 9.80. The van der Waals surface area contributed by atoms with Gasteiger partial charge in [0.2, 0.25) is 0 Å². The number of carbonyl (C=O) groups excluding carboxylic acids is 1. The lowest BCUT2D eigenvalue weighted by atomic mass is 9.36. The topological polar surface area (TPSA) is 98.0 Å². The number of hydrogen-bond acceptors (Lipinski definition) is 5. The van der Waals surface area contributed by atoms with E-state index in [1.165, 1.54) is 19.4 Å². The van der Waals surface area contributed by atoms with Gasteiger partial charge < -0.3 is 20.4 Å². The molecule has 0 unspecified atom stereocenters. The maximum atomic E-state index is 12.9. The van der Waals surface area contributed by atoms with Gasteiger partial charge >= 0.3 is 0 Å². The van der Waals surface area contributed by atoms with Gasteiger partial charge in [-0.15, -0.1) is 0 Å². The summed E-state index contributed by atoms with van der Waals surface area (Å²) in [5, 5.41) is 42.6. The number of allylic oxidation sites excluding steroid dienone is 1. The van der Waals surface area contributed by atoms with Crippen LogP contribution < -0.4 is 0 Å². The number of aliphatic hydroxyl groups excluding tert-OH is 3. The number of rotatable bonds is 5. The summed E-state index contributed by atoms with van der Waals surface area (Å²) in [6.07, 6.45) is 4.01. The van der Waals surface area contributed by atoms with Crippen LogP contribution in [0.2, 0.25) is 0 Å².